The van der Waals surface area contributed by atoms with Crippen LogP contribution in [0.1, 0.15) is 35.0 Å². The van der Waals surface area contributed by atoms with Gasteiger partial charge in [0.25, 0.3) is 5.91 Å². The molecule has 0 aliphatic carbocycles. The second-order valence-electron chi connectivity index (χ2n) is 5.38. The highest BCUT2D eigenvalue weighted by atomic mass is 32.2. The summed E-state index contributed by atoms with van der Waals surface area (Å²) >= 11 is 0. The predicted octanol–water partition coefficient (Wildman–Crippen LogP) is 0.821. The van der Waals surface area contributed by atoms with Gasteiger partial charge in [-0.15, -0.1) is 0 Å². The van der Waals surface area contributed by atoms with Gasteiger partial charge in [-0.3, -0.25) is 9.89 Å². The monoisotopic (exact) mass is 324 g/mol. The number of carbonyl (C=O) groups excluding carboxylic acids is 1. The van der Waals surface area contributed by atoms with Crippen molar-refractivity contribution in [3.63, 3.8) is 0 Å². The number of nitrogens with one attached hydrogen (secondary N) is 1. The minimum atomic E-state index is -3.35. The fourth-order valence-corrected chi connectivity index (χ4v) is 3.60. The van der Waals surface area contributed by atoms with Crippen LogP contribution in [0.25, 0.3) is 0 Å². The van der Waals surface area contributed by atoms with E-state index in [9.17, 15) is 13.2 Å². The number of amides is 1. The smallest absolute Gasteiger partial charge is 0.291 e. The van der Waals surface area contributed by atoms with E-state index in [0.29, 0.717) is 18.8 Å². The first kappa shape index (κ1) is 14.8. The molecule has 1 aliphatic heterocycles. The zero-order valence-corrected chi connectivity index (χ0v) is 12.8. The van der Waals surface area contributed by atoms with E-state index >= 15 is 0 Å². The average Bonchev–Trinajstić information content (AvgIpc) is 3.17. The van der Waals surface area contributed by atoms with E-state index < -0.39 is 9.84 Å². The number of piperidine rings is 1. The van der Waals surface area contributed by atoms with Crippen LogP contribution in [0.2, 0.25) is 0 Å². The Morgan fingerprint density at radius 3 is 2.95 bits per heavy atom. The molecular formula is C13H16N4O4S. The van der Waals surface area contributed by atoms with Gasteiger partial charge in [-0.25, -0.2) is 13.4 Å². The van der Waals surface area contributed by atoms with Gasteiger partial charge in [-0.1, -0.05) is 0 Å². The number of H-pyrrole nitrogens is 1. The molecule has 1 aliphatic rings. The molecule has 3 rings (SSSR count). The van der Waals surface area contributed by atoms with Crippen molar-refractivity contribution in [2.24, 2.45) is 0 Å². The molecule has 0 aromatic carbocycles. The molecule has 0 bridgehead atoms. The molecule has 1 atom stereocenters. The molecule has 1 fully saturated rings. The van der Waals surface area contributed by atoms with E-state index in [1.54, 1.807) is 4.90 Å². The van der Waals surface area contributed by atoms with E-state index in [2.05, 4.69) is 15.2 Å². The van der Waals surface area contributed by atoms with Crippen LogP contribution in [0.15, 0.2) is 28.1 Å². The van der Waals surface area contributed by atoms with Gasteiger partial charge in [-0.05, 0) is 12.8 Å². The Morgan fingerprint density at radius 2 is 2.27 bits per heavy atom. The molecule has 118 valence electrons. The van der Waals surface area contributed by atoms with Gasteiger partial charge in [0.05, 0.1) is 18.1 Å². The molecule has 9 heteroatoms. The van der Waals surface area contributed by atoms with Gasteiger partial charge in [0.1, 0.15) is 4.90 Å². The summed E-state index contributed by atoms with van der Waals surface area (Å²) in [5.74, 6) is -0.135. The van der Waals surface area contributed by atoms with Gasteiger partial charge in [0, 0.05) is 25.3 Å². The summed E-state index contributed by atoms with van der Waals surface area (Å²) in [4.78, 5) is 17.9. The summed E-state index contributed by atoms with van der Waals surface area (Å²) in [6.07, 6.45) is 6.65. The van der Waals surface area contributed by atoms with Crippen LogP contribution < -0.4 is 0 Å². The Labute approximate surface area is 127 Å². The van der Waals surface area contributed by atoms with Crippen LogP contribution in [-0.2, 0) is 9.84 Å². The molecule has 8 nitrogen and oxygen atoms in total. The van der Waals surface area contributed by atoms with Crippen molar-refractivity contribution in [2.45, 2.75) is 23.7 Å². The maximum Gasteiger partial charge on any atom is 0.291 e. The number of sulfone groups is 1. The number of aromatic amines is 1. The third kappa shape index (κ3) is 2.76. The SMILES string of the molecule is CS(=O)(=O)c1cn[nH]c1[C@@H]1CCCN(C(=O)c2cnco2)C1. The Balaban J connectivity index is 1.82. The number of carbonyl (C=O) groups is 1. The number of aromatic nitrogens is 3. The number of hydrogen-bond acceptors (Lipinski definition) is 6. The van der Waals surface area contributed by atoms with Gasteiger partial charge in [-0.2, -0.15) is 5.10 Å². The second-order valence-corrected chi connectivity index (χ2v) is 7.36. The van der Waals surface area contributed by atoms with Gasteiger partial charge in [0.2, 0.25) is 5.76 Å². The van der Waals surface area contributed by atoms with Gasteiger partial charge in [0.15, 0.2) is 16.2 Å². The maximum atomic E-state index is 12.3. The van der Waals surface area contributed by atoms with Crippen LogP contribution in [-0.4, -0.2) is 53.8 Å². The lowest BCUT2D eigenvalue weighted by molar-refractivity contribution is 0.0673. The third-order valence-electron chi connectivity index (χ3n) is 3.79. The quantitative estimate of drug-likeness (QED) is 0.895. The second kappa shape index (κ2) is 5.56. The van der Waals surface area contributed by atoms with Crippen LogP contribution in [0.3, 0.4) is 0 Å². The zero-order chi connectivity index (χ0) is 15.7. The minimum absolute atomic E-state index is 0.0900. The molecule has 0 spiro atoms. The summed E-state index contributed by atoms with van der Waals surface area (Å²) in [7, 11) is -3.35. The summed E-state index contributed by atoms with van der Waals surface area (Å²) in [6, 6.07) is 0. The van der Waals surface area contributed by atoms with Crippen molar-refractivity contribution < 1.29 is 17.6 Å². The molecule has 1 saturated heterocycles. The normalized spacial score (nSPS) is 19.3. The van der Waals surface area contributed by atoms with Crippen LogP contribution in [0, 0.1) is 0 Å². The molecule has 1 N–H and O–H groups in total. The highest BCUT2D eigenvalue weighted by Gasteiger charge is 2.30. The van der Waals surface area contributed by atoms with Crippen LogP contribution >= 0.6 is 0 Å². The first-order chi connectivity index (χ1) is 10.5. The lowest BCUT2D eigenvalue weighted by atomic mass is 9.94. The van der Waals surface area contributed by atoms with E-state index in [0.717, 1.165) is 19.1 Å². The van der Waals surface area contributed by atoms with Crippen molar-refractivity contribution in [1.29, 1.82) is 0 Å². The van der Waals surface area contributed by atoms with Crippen molar-refractivity contribution in [1.82, 2.24) is 20.1 Å². The molecule has 3 heterocycles. The summed E-state index contributed by atoms with van der Waals surface area (Å²) in [6.45, 7) is 1.03. The zero-order valence-electron chi connectivity index (χ0n) is 12.0. The van der Waals surface area contributed by atoms with E-state index in [1.807, 2.05) is 0 Å². The van der Waals surface area contributed by atoms with Crippen molar-refractivity contribution in [3.05, 3.63) is 30.2 Å². The van der Waals surface area contributed by atoms with E-state index in [-0.39, 0.29) is 22.5 Å². The maximum absolute atomic E-state index is 12.3. The number of rotatable bonds is 3. The van der Waals surface area contributed by atoms with Crippen molar-refractivity contribution in [2.75, 3.05) is 19.3 Å². The van der Waals surface area contributed by atoms with Crippen LogP contribution in [0.4, 0.5) is 0 Å². The molecule has 0 saturated carbocycles. The molecule has 0 unspecified atom stereocenters. The predicted molar refractivity (Wildman–Crippen MR) is 76.1 cm³/mol. The summed E-state index contributed by atoms with van der Waals surface area (Å²) in [5.41, 5.74) is 0.567. The van der Waals surface area contributed by atoms with E-state index in [4.69, 9.17) is 4.42 Å². The number of hydrogen-bond donors (Lipinski definition) is 1. The third-order valence-corrected chi connectivity index (χ3v) is 4.92. The first-order valence-electron chi connectivity index (χ1n) is 6.88. The highest BCUT2D eigenvalue weighted by molar-refractivity contribution is 7.90. The largest absolute Gasteiger partial charge is 0.438 e. The summed E-state index contributed by atoms with van der Waals surface area (Å²) in [5, 5.41) is 6.62. The molecule has 22 heavy (non-hydrogen) atoms. The molecule has 1 amide bonds. The topological polar surface area (TPSA) is 109 Å². The van der Waals surface area contributed by atoms with E-state index in [1.165, 1.54) is 18.8 Å². The Bertz CT molecular complexity index is 766. The summed E-state index contributed by atoms with van der Waals surface area (Å²) < 4.78 is 28.6. The Hall–Kier alpha value is -2.16. The van der Waals surface area contributed by atoms with Gasteiger partial charge >= 0.3 is 0 Å². The molecule has 2 aromatic rings. The van der Waals surface area contributed by atoms with Crippen LogP contribution in [0.5, 0.6) is 0 Å². The lowest BCUT2D eigenvalue weighted by Gasteiger charge is -2.31. The number of oxazole rings is 1. The number of nitrogens with zero attached hydrogens (tertiary/aromatic N) is 3. The average molecular weight is 324 g/mol. The number of likely N-dealkylation sites (tertiary alicyclic amines) is 1. The Kier molecular flexibility index (Phi) is 3.73. The lowest BCUT2D eigenvalue weighted by Crippen LogP contribution is -2.39. The molecule has 2 aromatic heterocycles. The minimum Gasteiger partial charge on any atom is -0.438 e. The Morgan fingerprint density at radius 1 is 1.45 bits per heavy atom. The van der Waals surface area contributed by atoms with Crippen molar-refractivity contribution >= 4 is 15.7 Å². The fraction of sp³-hybridized carbons (Fsp3) is 0.462. The highest BCUT2D eigenvalue weighted by Crippen LogP contribution is 2.30. The standard InChI is InChI=1S/C13H16N4O4S/c1-22(19,20)11-6-15-16-12(11)9-3-2-4-17(7-9)13(18)10-5-14-8-21-10/h5-6,8-9H,2-4,7H2,1H3,(H,15,16)/t9-/m1/s1. The fourth-order valence-electron chi connectivity index (χ4n) is 2.75. The van der Waals surface area contributed by atoms with Gasteiger partial charge < -0.3 is 9.32 Å². The van der Waals surface area contributed by atoms with Crippen molar-refractivity contribution in [3.8, 4) is 0 Å². The first-order valence-corrected chi connectivity index (χ1v) is 8.77. The molecule has 0 radical (unpaired) electrons. The molecular weight excluding hydrogens is 308 g/mol.